The van der Waals surface area contributed by atoms with E-state index in [-0.39, 0.29) is 5.56 Å². The van der Waals surface area contributed by atoms with Crippen molar-refractivity contribution < 1.29 is 15.0 Å². The van der Waals surface area contributed by atoms with Crippen LogP contribution in [0.5, 0.6) is 0 Å². The van der Waals surface area contributed by atoms with Gasteiger partial charge in [-0.25, -0.2) is 0 Å². The number of carboxylic acid groups (broad SMARTS) is 1. The van der Waals surface area contributed by atoms with Crippen molar-refractivity contribution >= 4 is 18.1 Å². The second-order valence-corrected chi connectivity index (χ2v) is 5.91. The van der Waals surface area contributed by atoms with Gasteiger partial charge in [-0.1, -0.05) is 72.8 Å². The van der Waals surface area contributed by atoms with Crippen LogP contribution in [0.4, 0.5) is 0 Å². The van der Waals surface area contributed by atoms with Crippen LogP contribution in [-0.2, 0) is 6.42 Å². The summed E-state index contributed by atoms with van der Waals surface area (Å²) in [4.78, 5) is 15.2. The molecule has 26 heavy (non-hydrogen) atoms. The van der Waals surface area contributed by atoms with Gasteiger partial charge in [-0.3, -0.25) is 4.98 Å². The van der Waals surface area contributed by atoms with Gasteiger partial charge in [0.1, 0.15) is 0 Å². The molecule has 1 heterocycles. The minimum absolute atomic E-state index is 0.148. The molecule has 4 heteroatoms. The van der Waals surface area contributed by atoms with Gasteiger partial charge in [0.25, 0.3) is 0 Å². The molecule has 130 valence electrons. The van der Waals surface area contributed by atoms with Gasteiger partial charge in [0.05, 0.1) is 17.8 Å². The van der Waals surface area contributed by atoms with Crippen LogP contribution in [-0.4, -0.2) is 16.1 Å². The van der Waals surface area contributed by atoms with E-state index >= 15 is 0 Å². The van der Waals surface area contributed by atoms with E-state index in [1.54, 1.807) is 18.3 Å². The third-order valence-electron chi connectivity index (χ3n) is 4.10. The number of aromatic carboxylic acids is 1. The average molecular weight is 344 g/mol. The SMILES string of the molecule is O=C([O-])c1ccc(/C=C/c2cccnc2CC(O)c2ccccc2)cc1. The first-order valence-electron chi connectivity index (χ1n) is 8.30. The lowest BCUT2D eigenvalue weighted by atomic mass is 10.0. The molecule has 0 saturated heterocycles. The summed E-state index contributed by atoms with van der Waals surface area (Å²) < 4.78 is 0. The fourth-order valence-electron chi connectivity index (χ4n) is 2.67. The van der Waals surface area contributed by atoms with Crippen molar-refractivity contribution in [1.82, 2.24) is 4.98 Å². The molecule has 1 N–H and O–H groups in total. The van der Waals surface area contributed by atoms with Crippen LogP contribution in [0.3, 0.4) is 0 Å². The minimum atomic E-state index is -1.19. The van der Waals surface area contributed by atoms with Crippen LogP contribution < -0.4 is 5.11 Å². The highest BCUT2D eigenvalue weighted by Crippen LogP contribution is 2.20. The third kappa shape index (κ3) is 4.43. The normalized spacial score (nSPS) is 12.2. The van der Waals surface area contributed by atoms with Gasteiger partial charge in [0.15, 0.2) is 0 Å². The Bertz CT molecular complexity index is 902. The van der Waals surface area contributed by atoms with Crippen LogP contribution >= 0.6 is 0 Å². The minimum Gasteiger partial charge on any atom is -0.545 e. The zero-order valence-electron chi connectivity index (χ0n) is 14.1. The van der Waals surface area contributed by atoms with E-state index in [4.69, 9.17) is 0 Å². The molecule has 1 unspecified atom stereocenters. The maximum Gasteiger partial charge on any atom is 0.0845 e. The summed E-state index contributed by atoms with van der Waals surface area (Å²) in [6.07, 6.45) is 5.29. The summed E-state index contributed by atoms with van der Waals surface area (Å²) in [6.45, 7) is 0. The number of aliphatic hydroxyl groups is 1. The number of carboxylic acids is 1. The molecule has 0 radical (unpaired) electrons. The van der Waals surface area contributed by atoms with Crippen molar-refractivity contribution in [3.63, 3.8) is 0 Å². The van der Waals surface area contributed by atoms with Crippen molar-refractivity contribution in [3.05, 3.63) is 101 Å². The van der Waals surface area contributed by atoms with Crippen LogP contribution in [0, 0.1) is 0 Å². The number of nitrogens with zero attached hydrogens (tertiary/aromatic N) is 1. The molecule has 0 aliphatic rings. The summed E-state index contributed by atoms with van der Waals surface area (Å²) in [5, 5.41) is 21.2. The largest absolute Gasteiger partial charge is 0.545 e. The first kappa shape index (κ1) is 17.6. The summed E-state index contributed by atoms with van der Waals surface area (Å²) in [6, 6.07) is 19.7. The lowest BCUT2D eigenvalue weighted by Crippen LogP contribution is -2.21. The zero-order chi connectivity index (χ0) is 18.4. The summed E-state index contributed by atoms with van der Waals surface area (Å²) in [5.74, 6) is -1.19. The van der Waals surface area contributed by atoms with Crippen molar-refractivity contribution in [2.45, 2.75) is 12.5 Å². The van der Waals surface area contributed by atoms with E-state index in [1.165, 1.54) is 12.1 Å². The maximum atomic E-state index is 10.8. The molecular weight excluding hydrogens is 326 g/mol. The zero-order valence-corrected chi connectivity index (χ0v) is 14.1. The number of benzene rings is 2. The maximum absolute atomic E-state index is 10.8. The Morgan fingerprint density at radius 1 is 1.00 bits per heavy atom. The average Bonchev–Trinajstić information content (AvgIpc) is 2.68. The van der Waals surface area contributed by atoms with Crippen molar-refractivity contribution in [3.8, 4) is 0 Å². The molecule has 4 nitrogen and oxygen atoms in total. The topological polar surface area (TPSA) is 73.2 Å². The molecule has 1 aromatic heterocycles. The number of aromatic nitrogens is 1. The van der Waals surface area contributed by atoms with Crippen LogP contribution in [0.15, 0.2) is 72.9 Å². The predicted molar refractivity (Wildman–Crippen MR) is 99.0 cm³/mol. The Balaban J connectivity index is 1.77. The van der Waals surface area contributed by atoms with E-state index in [0.29, 0.717) is 6.42 Å². The Labute approximate surface area is 152 Å². The van der Waals surface area contributed by atoms with Gasteiger partial charge in [-0.2, -0.15) is 0 Å². The van der Waals surface area contributed by atoms with Gasteiger partial charge >= 0.3 is 0 Å². The molecule has 0 aliphatic heterocycles. The van der Waals surface area contributed by atoms with Crippen LogP contribution in [0.25, 0.3) is 12.2 Å². The highest BCUT2D eigenvalue weighted by Gasteiger charge is 2.11. The van der Waals surface area contributed by atoms with Crippen molar-refractivity contribution in [1.29, 1.82) is 0 Å². The smallest absolute Gasteiger partial charge is 0.0845 e. The van der Waals surface area contributed by atoms with Gasteiger partial charge in [-0.05, 0) is 28.3 Å². The summed E-state index contributed by atoms with van der Waals surface area (Å²) in [5.41, 5.74) is 3.58. The number of pyridine rings is 1. The molecule has 3 aromatic rings. The number of hydrogen-bond donors (Lipinski definition) is 1. The van der Waals surface area contributed by atoms with Gasteiger partial charge < -0.3 is 15.0 Å². The molecule has 0 saturated carbocycles. The molecule has 3 rings (SSSR count). The molecular formula is C22H18NO3-. The predicted octanol–water partition coefficient (Wildman–Crippen LogP) is 2.89. The first-order chi connectivity index (χ1) is 12.6. The van der Waals surface area contributed by atoms with Crippen molar-refractivity contribution in [2.75, 3.05) is 0 Å². The number of aliphatic hydroxyl groups excluding tert-OH is 1. The van der Waals surface area contributed by atoms with Crippen molar-refractivity contribution in [2.24, 2.45) is 0 Å². The lowest BCUT2D eigenvalue weighted by Gasteiger charge is -2.12. The van der Waals surface area contributed by atoms with Gasteiger partial charge in [0, 0.05) is 12.6 Å². The highest BCUT2D eigenvalue weighted by atomic mass is 16.4. The second-order valence-electron chi connectivity index (χ2n) is 5.91. The monoisotopic (exact) mass is 344 g/mol. The third-order valence-corrected chi connectivity index (χ3v) is 4.10. The van der Waals surface area contributed by atoms with E-state index in [9.17, 15) is 15.0 Å². The quantitative estimate of drug-likeness (QED) is 0.746. The molecule has 0 bridgehead atoms. The Kier molecular flexibility index (Phi) is 5.56. The fourth-order valence-corrected chi connectivity index (χ4v) is 2.67. The fraction of sp³-hybridized carbons (Fsp3) is 0.0909. The summed E-state index contributed by atoms with van der Waals surface area (Å²) in [7, 11) is 0. The summed E-state index contributed by atoms with van der Waals surface area (Å²) >= 11 is 0. The highest BCUT2D eigenvalue weighted by molar-refractivity contribution is 5.86. The molecule has 0 amide bonds. The molecule has 1 atom stereocenters. The lowest BCUT2D eigenvalue weighted by molar-refractivity contribution is -0.255. The Hall–Kier alpha value is -3.24. The first-order valence-corrected chi connectivity index (χ1v) is 8.30. The Morgan fingerprint density at radius 3 is 2.42 bits per heavy atom. The standard InChI is InChI=1S/C22H19NO3/c24-21(18-5-2-1-3-6-18)15-20-17(7-4-14-23-20)11-8-16-9-12-19(13-10-16)22(25)26/h1-14,21,24H,15H2,(H,25,26)/p-1/b11-8+. The van der Waals surface area contributed by atoms with E-state index in [1.807, 2.05) is 54.6 Å². The van der Waals surface area contributed by atoms with Gasteiger partial charge in [-0.15, -0.1) is 0 Å². The number of rotatable bonds is 6. The Morgan fingerprint density at radius 2 is 1.73 bits per heavy atom. The molecule has 0 spiro atoms. The van der Waals surface area contributed by atoms with E-state index < -0.39 is 12.1 Å². The van der Waals surface area contributed by atoms with E-state index in [0.717, 1.165) is 22.4 Å². The molecule has 0 aliphatic carbocycles. The van der Waals surface area contributed by atoms with Crippen LogP contribution in [0.1, 0.15) is 38.8 Å². The number of hydrogen-bond acceptors (Lipinski definition) is 4. The van der Waals surface area contributed by atoms with E-state index in [2.05, 4.69) is 4.98 Å². The molecule has 2 aromatic carbocycles. The van der Waals surface area contributed by atoms with Crippen LogP contribution in [0.2, 0.25) is 0 Å². The number of carbonyl (C=O) groups excluding carboxylic acids is 1. The second kappa shape index (κ2) is 8.23. The van der Waals surface area contributed by atoms with Gasteiger partial charge in [0.2, 0.25) is 0 Å². The molecule has 0 fully saturated rings. The number of carbonyl (C=O) groups is 1.